The van der Waals surface area contributed by atoms with Gasteiger partial charge in [-0.2, -0.15) is 0 Å². The van der Waals surface area contributed by atoms with Gasteiger partial charge in [-0.15, -0.1) is 11.6 Å². The van der Waals surface area contributed by atoms with Gasteiger partial charge < -0.3 is 32.5 Å². The number of rotatable bonds is 11. The number of alkyl halides is 1. The number of aromatic hydroxyl groups is 1. The lowest BCUT2D eigenvalue weighted by Gasteiger charge is -2.28. The van der Waals surface area contributed by atoms with E-state index >= 15 is 0 Å². The highest BCUT2D eigenvalue weighted by Crippen LogP contribution is 2.20. The number of nitrogens with two attached hydrogens (primary N) is 3. The maximum Gasteiger partial charge on any atom is 0.243 e. The fraction of sp³-hybridized carbons (Fsp3) is 0.524. The summed E-state index contributed by atoms with van der Waals surface area (Å²) in [5.74, 6) is -1.20. The summed E-state index contributed by atoms with van der Waals surface area (Å²) >= 11 is 5.70. The molecule has 2 amide bonds. The normalized spacial score (nSPS) is 17.4. The van der Waals surface area contributed by atoms with Crippen LogP contribution in [0.4, 0.5) is 0 Å². The number of ketones is 1. The van der Waals surface area contributed by atoms with Crippen molar-refractivity contribution in [1.29, 1.82) is 0 Å². The van der Waals surface area contributed by atoms with Crippen LogP contribution in [0.5, 0.6) is 5.75 Å². The first-order valence-corrected chi connectivity index (χ1v) is 11.0. The molecule has 0 spiro atoms. The number of amides is 2. The van der Waals surface area contributed by atoms with Crippen molar-refractivity contribution in [2.24, 2.45) is 22.2 Å². The molecule has 3 atom stereocenters. The van der Waals surface area contributed by atoms with Crippen LogP contribution in [0.15, 0.2) is 29.3 Å². The number of likely N-dealkylation sites (tertiary alicyclic amines) is 1. The van der Waals surface area contributed by atoms with Crippen molar-refractivity contribution in [1.82, 2.24) is 10.2 Å². The average molecular weight is 467 g/mol. The number of hydrogen-bond donors (Lipinski definition) is 5. The molecule has 0 aromatic heterocycles. The van der Waals surface area contributed by atoms with E-state index in [1.54, 1.807) is 12.1 Å². The molecule has 1 heterocycles. The molecule has 176 valence electrons. The van der Waals surface area contributed by atoms with E-state index in [1.165, 1.54) is 17.0 Å². The van der Waals surface area contributed by atoms with Crippen LogP contribution in [-0.2, 0) is 20.8 Å². The molecule has 11 heteroatoms. The van der Waals surface area contributed by atoms with Gasteiger partial charge in [-0.1, -0.05) is 12.1 Å². The number of aliphatic imine (C=N–C) groups is 1. The molecule has 32 heavy (non-hydrogen) atoms. The first-order chi connectivity index (χ1) is 15.2. The van der Waals surface area contributed by atoms with Crippen molar-refractivity contribution in [3.05, 3.63) is 29.8 Å². The lowest BCUT2D eigenvalue weighted by atomic mass is 10.0. The summed E-state index contributed by atoms with van der Waals surface area (Å²) in [6, 6.07) is 4.14. The summed E-state index contributed by atoms with van der Waals surface area (Å²) in [5.41, 5.74) is 17.5. The molecular weight excluding hydrogens is 436 g/mol. The van der Waals surface area contributed by atoms with Gasteiger partial charge in [0.2, 0.25) is 11.8 Å². The summed E-state index contributed by atoms with van der Waals surface area (Å²) in [7, 11) is 0. The maximum atomic E-state index is 12.9. The largest absolute Gasteiger partial charge is 0.508 e. The van der Waals surface area contributed by atoms with Gasteiger partial charge in [0.1, 0.15) is 11.8 Å². The highest BCUT2D eigenvalue weighted by atomic mass is 35.5. The minimum atomic E-state index is -0.826. The van der Waals surface area contributed by atoms with Gasteiger partial charge in [0.25, 0.3) is 0 Å². The van der Waals surface area contributed by atoms with Gasteiger partial charge in [-0.25, -0.2) is 0 Å². The van der Waals surface area contributed by atoms with Crippen molar-refractivity contribution < 1.29 is 19.5 Å². The third-order valence-corrected chi connectivity index (χ3v) is 5.59. The summed E-state index contributed by atoms with van der Waals surface area (Å²) < 4.78 is 0. The third-order valence-electron chi connectivity index (χ3n) is 5.33. The summed E-state index contributed by atoms with van der Waals surface area (Å²) in [4.78, 5) is 43.4. The maximum absolute atomic E-state index is 12.9. The Morgan fingerprint density at radius 2 is 1.94 bits per heavy atom. The van der Waals surface area contributed by atoms with Gasteiger partial charge in [0.05, 0.1) is 18.0 Å². The number of nitrogens with one attached hydrogen (secondary N) is 1. The Labute approximate surface area is 192 Å². The third kappa shape index (κ3) is 7.38. The lowest BCUT2D eigenvalue weighted by Crippen LogP contribution is -2.54. The SMILES string of the molecule is NC(N)=NCCC[C@H](NC(=O)[C@@H]1CCCN1C(=O)[C@@H](N)Cc1ccc(O)cc1)C(=O)CCl. The van der Waals surface area contributed by atoms with E-state index in [-0.39, 0.29) is 35.7 Å². The monoisotopic (exact) mass is 466 g/mol. The van der Waals surface area contributed by atoms with Crippen molar-refractivity contribution >= 4 is 35.2 Å². The van der Waals surface area contributed by atoms with Crippen molar-refractivity contribution in [2.45, 2.75) is 50.2 Å². The fourth-order valence-electron chi connectivity index (χ4n) is 3.67. The summed E-state index contributed by atoms with van der Waals surface area (Å²) in [6.45, 7) is 0.739. The Hall–Kier alpha value is -2.85. The minimum Gasteiger partial charge on any atom is -0.508 e. The van der Waals surface area contributed by atoms with Gasteiger partial charge in [-0.05, 0) is 49.8 Å². The molecule has 1 aliphatic rings. The second kappa shape index (κ2) is 12.3. The number of nitrogens with zero attached hydrogens (tertiary/aromatic N) is 2. The molecule has 1 fully saturated rings. The van der Waals surface area contributed by atoms with Crippen LogP contribution >= 0.6 is 11.6 Å². The minimum absolute atomic E-state index is 0.0435. The second-order valence-electron chi connectivity index (χ2n) is 7.78. The number of carbonyl (C=O) groups is 3. The van der Waals surface area contributed by atoms with E-state index in [0.29, 0.717) is 38.8 Å². The summed E-state index contributed by atoms with van der Waals surface area (Å²) in [6.07, 6.45) is 2.24. The predicted octanol–water partition coefficient (Wildman–Crippen LogP) is -0.401. The molecule has 0 saturated carbocycles. The number of Topliss-reactive ketones (excluding diaryl/α,β-unsaturated/α-hetero) is 1. The number of benzene rings is 1. The van der Waals surface area contributed by atoms with Crippen molar-refractivity contribution in [3.8, 4) is 5.75 Å². The van der Waals surface area contributed by atoms with Crippen LogP contribution < -0.4 is 22.5 Å². The number of phenols is 1. The first-order valence-electron chi connectivity index (χ1n) is 10.5. The molecule has 10 nitrogen and oxygen atoms in total. The average Bonchev–Trinajstić information content (AvgIpc) is 3.26. The Bertz CT molecular complexity index is 828. The second-order valence-corrected chi connectivity index (χ2v) is 8.04. The first kappa shape index (κ1) is 25.4. The number of carbonyl (C=O) groups excluding carboxylic acids is 3. The van der Waals surface area contributed by atoms with Crippen LogP contribution in [0.2, 0.25) is 0 Å². The molecular formula is C21H31ClN6O4. The zero-order chi connectivity index (χ0) is 23.7. The Kier molecular flexibility index (Phi) is 9.73. The molecule has 1 aliphatic heterocycles. The standard InChI is InChI=1S/C21H31ClN6O4/c22-12-18(30)16(3-1-9-26-21(24)25)27-19(31)17-4-2-10-28(17)20(32)15(23)11-13-5-7-14(29)8-6-13/h5-8,15-17,29H,1-4,9-12,23H2,(H,27,31)(H4,24,25,26)/t15-,16-,17-/m0/s1. The molecule has 2 rings (SSSR count). The number of halogens is 1. The van der Waals surface area contributed by atoms with Gasteiger partial charge in [0.15, 0.2) is 11.7 Å². The highest BCUT2D eigenvalue weighted by Gasteiger charge is 2.37. The van der Waals surface area contributed by atoms with Gasteiger partial charge >= 0.3 is 0 Å². The zero-order valence-corrected chi connectivity index (χ0v) is 18.6. The zero-order valence-electron chi connectivity index (χ0n) is 17.9. The summed E-state index contributed by atoms with van der Waals surface area (Å²) in [5, 5.41) is 12.1. The lowest BCUT2D eigenvalue weighted by molar-refractivity contribution is -0.140. The number of hydrogen-bond acceptors (Lipinski definition) is 6. The Balaban J connectivity index is 1.98. The Morgan fingerprint density at radius 1 is 1.25 bits per heavy atom. The highest BCUT2D eigenvalue weighted by molar-refractivity contribution is 6.28. The van der Waals surface area contributed by atoms with Crippen molar-refractivity contribution in [2.75, 3.05) is 19.0 Å². The number of guanidine groups is 1. The van der Waals surface area contributed by atoms with Crippen LogP contribution in [0.25, 0.3) is 0 Å². The van der Waals surface area contributed by atoms with E-state index in [9.17, 15) is 19.5 Å². The van der Waals surface area contributed by atoms with Gasteiger partial charge in [0, 0.05) is 13.1 Å². The number of phenolic OH excluding ortho intramolecular Hbond substituents is 1. The van der Waals surface area contributed by atoms with E-state index < -0.39 is 24.0 Å². The van der Waals surface area contributed by atoms with Gasteiger partial charge in [-0.3, -0.25) is 19.4 Å². The quantitative estimate of drug-likeness (QED) is 0.127. The van der Waals surface area contributed by atoms with E-state index in [1.807, 2.05) is 0 Å². The topological polar surface area (TPSA) is 177 Å². The molecule has 1 aromatic rings. The molecule has 0 aliphatic carbocycles. The van der Waals surface area contributed by atoms with Crippen molar-refractivity contribution in [3.63, 3.8) is 0 Å². The van der Waals surface area contributed by atoms with E-state index in [4.69, 9.17) is 28.8 Å². The smallest absolute Gasteiger partial charge is 0.243 e. The molecule has 0 unspecified atom stereocenters. The molecule has 1 aromatic carbocycles. The molecule has 1 saturated heterocycles. The van der Waals surface area contributed by atoms with Crippen LogP contribution in [0.1, 0.15) is 31.2 Å². The predicted molar refractivity (Wildman–Crippen MR) is 122 cm³/mol. The van der Waals surface area contributed by atoms with E-state index in [2.05, 4.69) is 10.3 Å². The van der Waals surface area contributed by atoms with Crippen LogP contribution in [0, 0.1) is 0 Å². The van der Waals surface area contributed by atoms with Crippen LogP contribution in [-0.4, -0.2) is 70.7 Å². The fourth-order valence-corrected chi connectivity index (χ4v) is 3.85. The van der Waals surface area contributed by atoms with Crippen LogP contribution in [0.3, 0.4) is 0 Å². The molecule has 0 radical (unpaired) electrons. The Morgan fingerprint density at radius 3 is 2.56 bits per heavy atom. The molecule has 8 N–H and O–H groups in total. The van der Waals surface area contributed by atoms with E-state index in [0.717, 1.165) is 5.56 Å². The molecule has 0 bridgehead atoms.